The van der Waals surface area contributed by atoms with Gasteiger partial charge < -0.3 is 14.2 Å². The normalized spacial score (nSPS) is 11.1. The average molecular weight is 415 g/mol. The van der Waals surface area contributed by atoms with Crippen LogP contribution in [0.2, 0.25) is 0 Å². The van der Waals surface area contributed by atoms with Gasteiger partial charge in [0.05, 0.1) is 21.3 Å². The fourth-order valence-electron chi connectivity index (χ4n) is 3.22. The van der Waals surface area contributed by atoms with Gasteiger partial charge in [-0.05, 0) is 54.0 Å². The predicted molar refractivity (Wildman–Crippen MR) is 126 cm³/mol. The Morgan fingerprint density at radius 2 is 1.48 bits per heavy atom. The lowest BCUT2D eigenvalue weighted by molar-refractivity contribution is 0.104. The summed E-state index contributed by atoms with van der Waals surface area (Å²) in [4.78, 5) is 12.7. The van der Waals surface area contributed by atoms with Crippen molar-refractivity contribution in [3.63, 3.8) is 0 Å². The highest BCUT2D eigenvalue weighted by molar-refractivity contribution is 6.08. The number of hydrogen-bond acceptors (Lipinski definition) is 4. The molecule has 0 bridgehead atoms. The number of ether oxygens (including phenoxy) is 3. The van der Waals surface area contributed by atoms with Gasteiger partial charge in [-0.25, -0.2) is 0 Å². The van der Waals surface area contributed by atoms with E-state index >= 15 is 0 Å². The number of carbonyl (C=O) groups excluding carboxylic acids is 1. The van der Waals surface area contributed by atoms with Crippen LogP contribution in [0.1, 0.15) is 32.6 Å². The van der Waals surface area contributed by atoms with Gasteiger partial charge in [0.2, 0.25) is 0 Å². The van der Waals surface area contributed by atoms with Crippen molar-refractivity contribution in [2.75, 3.05) is 21.3 Å². The molecule has 0 aromatic heterocycles. The molecule has 4 heteroatoms. The van der Waals surface area contributed by atoms with E-state index < -0.39 is 0 Å². The molecule has 0 saturated heterocycles. The van der Waals surface area contributed by atoms with Crippen molar-refractivity contribution in [1.82, 2.24) is 0 Å². The summed E-state index contributed by atoms with van der Waals surface area (Å²) in [6.45, 7) is 1.93. The first-order valence-electron chi connectivity index (χ1n) is 9.92. The standard InChI is InChI=1S/C27H26O4/c1-19-7-5-6-8-24(19)26(28)16-15-25-21(17-23(30-3)18-27(25)31-4)12-9-20-10-13-22(29-2)14-11-20/h5-18H,1-4H3/b12-9+,16-15+. The number of carbonyl (C=O) groups is 1. The number of hydrogen-bond donors (Lipinski definition) is 0. The molecular formula is C27H26O4. The van der Waals surface area contributed by atoms with E-state index in [4.69, 9.17) is 14.2 Å². The van der Waals surface area contributed by atoms with Crippen molar-refractivity contribution < 1.29 is 19.0 Å². The van der Waals surface area contributed by atoms with Crippen LogP contribution in [-0.4, -0.2) is 27.1 Å². The van der Waals surface area contributed by atoms with Crippen molar-refractivity contribution in [2.24, 2.45) is 0 Å². The van der Waals surface area contributed by atoms with Gasteiger partial charge in [0, 0.05) is 17.2 Å². The largest absolute Gasteiger partial charge is 0.497 e. The Morgan fingerprint density at radius 3 is 2.13 bits per heavy atom. The summed E-state index contributed by atoms with van der Waals surface area (Å²) in [6, 6.07) is 19.0. The lowest BCUT2D eigenvalue weighted by atomic mass is 10.0. The molecule has 0 saturated carbocycles. The highest BCUT2D eigenvalue weighted by Gasteiger charge is 2.10. The molecule has 0 aliphatic heterocycles. The maximum absolute atomic E-state index is 12.7. The van der Waals surface area contributed by atoms with Gasteiger partial charge >= 0.3 is 0 Å². The van der Waals surface area contributed by atoms with Gasteiger partial charge in [0.15, 0.2) is 5.78 Å². The third-order valence-corrected chi connectivity index (χ3v) is 4.99. The molecular weight excluding hydrogens is 388 g/mol. The van der Waals surface area contributed by atoms with E-state index in [1.165, 1.54) is 0 Å². The molecule has 3 aromatic rings. The summed E-state index contributed by atoms with van der Waals surface area (Å²) >= 11 is 0. The predicted octanol–water partition coefficient (Wildman–Crippen LogP) is 6.09. The molecule has 0 aliphatic carbocycles. The zero-order valence-corrected chi connectivity index (χ0v) is 18.2. The van der Waals surface area contributed by atoms with Gasteiger partial charge in [-0.1, -0.05) is 48.6 Å². The Hall–Kier alpha value is -3.79. The first-order chi connectivity index (χ1) is 15.0. The fraction of sp³-hybridized carbons (Fsp3) is 0.148. The second-order valence-corrected chi connectivity index (χ2v) is 6.95. The SMILES string of the molecule is COc1ccc(/C=C/c2cc(OC)cc(OC)c2/C=C/C(=O)c2ccccc2C)cc1. The second-order valence-electron chi connectivity index (χ2n) is 6.95. The third kappa shape index (κ3) is 5.43. The number of methoxy groups -OCH3 is 3. The van der Waals surface area contributed by atoms with Crippen LogP contribution < -0.4 is 14.2 Å². The van der Waals surface area contributed by atoms with Crippen LogP contribution in [0.15, 0.2) is 66.7 Å². The Kier molecular flexibility index (Phi) is 7.28. The summed E-state index contributed by atoms with van der Waals surface area (Å²) in [5.41, 5.74) is 4.32. The van der Waals surface area contributed by atoms with E-state index in [0.29, 0.717) is 17.1 Å². The molecule has 3 rings (SSSR count). The molecule has 0 aliphatic rings. The molecule has 3 aromatic carbocycles. The lowest BCUT2D eigenvalue weighted by Crippen LogP contribution is -1.98. The smallest absolute Gasteiger partial charge is 0.186 e. The molecule has 0 radical (unpaired) electrons. The minimum atomic E-state index is -0.0546. The molecule has 31 heavy (non-hydrogen) atoms. The van der Waals surface area contributed by atoms with Crippen LogP contribution in [-0.2, 0) is 0 Å². The quantitative estimate of drug-likeness (QED) is 0.254. The summed E-state index contributed by atoms with van der Waals surface area (Å²) in [6.07, 6.45) is 7.34. The highest BCUT2D eigenvalue weighted by Crippen LogP contribution is 2.31. The average Bonchev–Trinajstić information content (AvgIpc) is 2.81. The second kappa shape index (κ2) is 10.3. The molecule has 0 amide bonds. The maximum atomic E-state index is 12.7. The van der Waals surface area contributed by atoms with Gasteiger partial charge in [-0.15, -0.1) is 0 Å². The van der Waals surface area contributed by atoms with Crippen molar-refractivity contribution >= 4 is 24.0 Å². The molecule has 0 heterocycles. The topological polar surface area (TPSA) is 44.8 Å². The van der Waals surface area contributed by atoms with Gasteiger partial charge in [0.25, 0.3) is 0 Å². The summed E-state index contributed by atoms with van der Waals surface area (Å²) in [5.74, 6) is 2.05. The summed E-state index contributed by atoms with van der Waals surface area (Å²) < 4.78 is 16.2. The van der Waals surface area contributed by atoms with Crippen LogP contribution >= 0.6 is 0 Å². The molecule has 0 atom stereocenters. The number of aryl methyl sites for hydroxylation is 1. The van der Waals surface area contributed by atoms with Gasteiger partial charge in [0.1, 0.15) is 17.2 Å². The molecule has 0 unspecified atom stereocenters. The van der Waals surface area contributed by atoms with E-state index in [1.807, 2.05) is 79.7 Å². The maximum Gasteiger partial charge on any atom is 0.186 e. The Bertz CT molecular complexity index is 1110. The van der Waals surface area contributed by atoms with Crippen LogP contribution in [0.4, 0.5) is 0 Å². The van der Waals surface area contributed by atoms with Gasteiger partial charge in [-0.2, -0.15) is 0 Å². The van der Waals surface area contributed by atoms with Crippen LogP contribution in [0.25, 0.3) is 18.2 Å². The van der Waals surface area contributed by atoms with Crippen LogP contribution in [0, 0.1) is 6.92 Å². The Labute approximate surface area is 183 Å². The van der Waals surface area contributed by atoms with E-state index in [2.05, 4.69) is 0 Å². The van der Waals surface area contributed by atoms with E-state index in [1.54, 1.807) is 33.5 Å². The van der Waals surface area contributed by atoms with Crippen molar-refractivity contribution in [2.45, 2.75) is 6.92 Å². The Morgan fingerprint density at radius 1 is 0.774 bits per heavy atom. The lowest BCUT2D eigenvalue weighted by Gasteiger charge is -2.12. The van der Waals surface area contributed by atoms with E-state index in [0.717, 1.165) is 28.0 Å². The van der Waals surface area contributed by atoms with Crippen molar-refractivity contribution in [3.8, 4) is 17.2 Å². The summed E-state index contributed by atoms with van der Waals surface area (Å²) in [7, 11) is 4.86. The molecule has 0 spiro atoms. The number of allylic oxidation sites excluding steroid dienone is 1. The molecule has 158 valence electrons. The van der Waals surface area contributed by atoms with Gasteiger partial charge in [-0.3, -0.25) is 4.79 Å². The third-order valence-electron chi connectivity index (χ3n) is 4.99. The van der Waals surface area contributed by atoms with E-state index in [9.17, 15) is 4.79 Å². The van der Waals surface area contributed by atoms with Crippen molar-refractivity contribution in [1.29, 1.82) is 0 Å². The zero-order chi connectivity index (χ0) is 22.2. The number of rotatable bonds is 8. The van der Waals surface area contributed by atoms with E-state index in [-0.39, 0.29) is 5.78 Å². The zero-order valence-electron chi connectivity index (χ0n) is 18.2. The highest BCUT2D eigenvalue weighted by atomic mass is 16.5. The number of ketones is 1. The van der Waals surface area contributed by atoms with Crippen molar-refractivity contribution in [3.05, 3.63) is 94.6 Å². The molecule has 4 nitrogen and oxygen atoms in total. The summed E-state index contributed by atoms with van der Waals surface area (Å²) in [5, 5.41) is 0. The van der Waals surface area contributed by atoms with Crippen LogP contribution in [0.5, 0.6) is 17.2 Å². The first-order valence-corrected chi connectivity index (χ1v) is 9.92. The van der Waals surface area contributed by atoms with Crippen LogP contribution in [0.3, 0.4) is 0 Å². The fourth-order valence-corrected chi connectivity index (χ4v) is 3.22. The Balaban J connectivity index is 1.98. The first kappa shape index (κ1) is 21.9. The molecule has 0 N–H and O–H groups in total. The minimum Gasteiger partial charge on any atom is -0.497 e. The monoisotopic (exact) mass is 414 g/mol. The molecule has 0 fully saturated rings. The number of benzene rings is 3. The minimum absolute atomic E-state index is 0.0546.